The second kappa shape index (κ2) is 14.2. The van der Waals surface area contributed by atoms with Gasteiger partial charge >= 0.3 is 0 Å². The number of carbonyl (C=O) groups is 2. The van der Waals surface area contributed by atoms with Crippen molar-refractivity contribution in [2.24, 2.45) is 17.3 Å². The number of fused-ring (bicyclic) bond motifs is 1. The van der Waals surface area contributed by atoms with E-state index in [1.54, 1.807) is 13.3 Å². The predicted octanol–water partition coefficient (Wildman–Crippen LogP) is 8.22. The second-order valence-corrected chi connectivity index (χ2v) is 12.4. The minimum Gasteiger partial charge on any atom is -0.493 e. The van der Waals surface area contributed by atoms with Gasteiger partial charge in [0.25, 0.3) is 0 Å². The highest BCUT2D eigenvalue weighted by Crippen LogP contribution is 2.47. The fourth-order valence-electron chi connectivity index (χ4n) is 5.31. The smallest absolute Gasteiger partial charge is 0.240 e. The molecule has 3 aromatic carbocycles. The van der Waals surface area contributed by atoms with E-state index < -0.39 is 11.2 Å². The number of halogens is 1. The molecule has 0 spiro atoms. The molecule has 2 atom stereocenters. The summed E-state index contributed by atoms with van der Waals surface area (Å²) in [6.07, 6.45) is 4.68. The van der Waals surface area contributed by atoms with Gasteiger partial charge in [-0.15, -0.1) is 0 Å². The van der Waals surface area contributed by atoms with Crippen molar-refractivity contribution < 1.29 is 28.2 Å². The number of nitrogens with zero attached hydrogens (tertiary/aromatic N) is 1. The molecule has 0 radical (unpaired) electrons. The number of benzene rings is 3. The van der Waals surface area contributed by atoms with Crippen molar-refractivity contribution in [2.45, 2.75) is 59.4 Å². The molecular weight excluding hydrogens is 585 g/mol. The molecule has 1 aliphatic rings. The number of rotatable bonds is 14. The molecule has 1 aromatic heterocycles. The molecule has 9 heteroatoms. The topological polar surface area (TPSA) is 98.8 Å². The number of aromatic nitrogens is 1. The molecular formula is C37H42FN3O5. The van der Waals surface area contributed by atoms with Crippen molar-refractivity contribution in [2.75, 3.05) is 19.0 Å². The Morgan fingerprint density at radius 1 is 0.935 bits per heavy atom. The van der Waals surface area contributed by atoms with Crippen molar-refractivity contribution in [1.29, 1.82) is 0 Å². The van der Waals surface area contributed by atoms with Crippen LogP contribution in [0.15, 0.2) is 72.9 Å². The van der Waals surface area contributed by atoms with Crippen LogP contribution in [-0.4, -0.2) is 30.5 Å². The highest BCUT2D eigenvalue weighted by molar-refractivity contribution is 6.13. The Morgan fingerprint density at radius 2 is 1.65 bits per heavy atom. The number of methoxy groups -OCH3 is 1. The zero-order valence-electron chi connectivity index (χ0n) is 27.1. The van der Waals surface area contributed by atoms with Gasteiger partial charge in [0.2, 0.25) is 11.8 Å². The van der Waals surface area contributed by atoms with Gasteiger partial charge in [-0.2, -0.15) is 0 Å². The van der Waals surface area contributed by atoms with Gasteiger partial charge in [0.05, 0.1) is 25.3 Å². The number of ether oxygens (including phenoxy) is 3. The Bertz CT molecular complexity index is 1670. The molecule has 4 aromatic rings. The van der Waals surface area contributed by atoms with E-state index in [0.717, 1.165) is 29.3 Å². The zero-order valence-corrected chi connectivity index (χ0v) is 27.1. The third-order valence-electron chi connectivity index (χ3n) is 8.69. The fraction of sp³-hybridized carbons (Fsp3) is 0.378. The molecule has 5 rings (SSSR count). The van der Waals surface area contributed by atoms with Crippen LogP contribution in [0.1, 0.15) is 65.0 Å². The number of anilines is 1. The van der Waals surface area contributed by atoms with Crippen LogP contribution in [0.4, 0.5) is 10.1 Å². The highest BCUT2D eigenvalue weighted by Gasteiger charge is 2.57. The van der Waals surface area contributed by atoms with E-state index in [2.05, 4.69) is 29.5 Å². The Kier molecular flexibility index (Phi) is 10.1. The lowest BCUT2D eigenvalue weighted by molar-refractivity contribution is -0.135. The summed E-state index contributed by atoms with van der Waals surface area (Å²) in [4.78, 5) is 31.0. The molecule has 0 aliphatic heterocycles. The summed E-state index contributed by atoms with van der Waals surface area (Å²) in [6, 6.07) is 18.3. The number of nitrogens with one attached hydrogen (secondary N) is 2. The molecule has 2 N–H and O–H groups in total. The average Bonchev–Trinajstić information content (AvgIpc) is 3.87. The summed E-state index contributed by atoms with van der Waals surface area (Å²) >= 11 is 0. The number of carbonyl (C=O) groups excluding carboxylic acids is 2. The maximum Gasteiger partial charge on any atom is 0.240 e. The van der Waals surface area contributed by atoms with E-state index in [1.165, 1.54) is 24.3 Å². The Hall–Kier alpha value is -4.66. The number of hydrogen-bond acceptors (Lipinski definition) is 6. The number of amides is 2. The van der Waals surface area contributed by atoms with Crippen molar-refractivity contribution in [1.82, 2.24) is 10.3 Å². The van der Waals surface area contributed by atoms with Gasteiger partial charge in [-0.1, -0.05) is 46.2 Å². The summed E-state index contributed by atoms with van der Waals surface area (Å²) in [7, 11) is 1.62. The summed E-state index contributed by atoms with van der Waals surface area (Å²) < 4.78 is 31.3. The van der Waals surface area contributed by atoms with Crippen LogP contribution < -0.4 is 24.8 Å². The summed E-state index contributed by atoms with van der Waals surface area (Å²) in [5.74, 6) is 2.06. The fourth-order valence-corrected chi connectivity index (χ4v) is 5.31. The van der Waals surface area contributed by atoms with Crippen LogP contribution in [0.5, 0.6) is 23.0 Å². The molecule has 8 nitrogen and oxygen atoms in total. The van der Waals surface area contributed by atoms with Gasteiger partial charge in [0.1, 0.15) is 22.7 Å². The highest BCUT2D eigenvalue weighted by atomic mass is 19.1. The molecule has 0 saturated heterocycles. The molecule has 2 unspecified atom stereocenters. The molecule has 1 saturated carbocycles. The monoisotopic (exact) mass is 627 g/mol. The first kappa shape index (κ1) is 32.7. The van der Waals surface area contributed by atoms with Gasteiger partial charge in [0.15, 0.2) is 11.5 Å². The van der Waals surface area contributed by atoms with E-state index >= 15 is 0 Å². The minimum atomic E-state index is -1.13. The molecule has 0 bridgehead atoms. The van der Waals surface area contributed by atoms with E-state index in [-0.39, 0.29) is 23.8 Å². The third-order valence-corrected chi connectivity index (χ3v) is 8.69. The lowest BCUT2D eigenvalue weighted by Crippen LogP contribution is -2.42. The van der Waals surface area contributed by atoms with Gasteiger partial charge in [-0.3, -0.25) is 14.6 Å². The normalized spacial score (nSPS) is 14.8. The van der Waals surface area contributed by atoms with Crippen LogP contribution in [0.25, 0.3) is 10.9 Å². The van der Waals surface area contributed by atoms with Crippen LogP contribution in [0.3, 0.4) is 0 Å². The lowest BCUT2D eigenvalue weighted by Gasteiger charge is -2.26. The molecule has 242 valence electrons. The van der Waals surface area contributed by atoms with E-state index in [1.807, 2.05) is 56.3 Å². The maximum absolute atomic E-state index is 13.4. The summed E-state index contributed by atoms with van der Waals surface area (Å²) in [5, 5.41) is 6.66. The van der Waals surface area contributed by atoms with Crippen molar-refractivity contribution in [3.63, 3.8) is 0 Å². The Morgan fingerprint density at radius 3 is 2.28 bits per heavy atom. The summed E-state index contributed by atoms with van der Waals surface area (Å²) in [6.45, 7) is 9.02. The molecule has 1 heterocycles. The standard InChI is InChI=1S/C37H42FN3O5/c1-6-24(4)16-20-45-33-22-30-29(21-32(33)44-5)31(15-19-39-30)46-28-13-7-25(8-14-28)34(23(2)3)41-36(43)37(17-18-37)35(42)40-27-11-9-26(38)10-12-27/h7-15,19,21-24,34H,6,16-18,20H2,1-5H3,(H,40,42)(H,41,43). The van der Waals surface area contributed by atoms with Crippen LogP contribution in [-0.2, 0) is 9.59 Å². The minimum absolute atomic E-state index is 0.0601. The first-order valence-electron chi connectivity index (χ1n) is 15.9. The van der Waals surface area contributed by atoms with Crippen molar-refractivity contribution >= 4 is 28.4 Å². The third kappa shape index (κ3) is 7.41. The van der Waals surface area contributed by atoms with Crippen molar-refractivity contribution in [3.05, 3.63) is 84.3 Å². The first-order chi connectivity index (χ1) is 22.1. The van der Waals surface area contributed by atoms with E-state index in [0.29, 0.717) is 54.1 Å². The number of hydrogen-bond donors (Lipinski definition) is 2. The molecule has 46 heavy (non-hydrogen) atoms. The van der Waals surface area contributed by atoms with Crippen LogP contribution in [0, 0.1) is 23.1 Å². The molecule has 1 aliphatic carbocycles. The Labute approximate surface area is 269 Å². The van der Waals surface area contributed by atoms with E-state index in [9.17, 15) is 14.0 Å². The first-order valence-corrected chi connectivity index (χ1v) is 15.9. The van der Waals surface area contributed by atoms with Crippen LogP contribution >= 0.6 is 0 Å². The van der Waals surface area contributed by atoms with Gasteiger partial charge in [-0.05, 0) is 85.2 Å². The second-order valence-electron chi connectivity index (χ2n) is 12.4. The lowest BCUT2D eigenvalue weighted by atomic mass is 9.94. The molecule has 1 fully saturated rings. The maximum atomic E-state index is 13.4. The van der Waals surface area contributed by atoms with E-state index in [4.69, 9.17) is 14.2 Å². The zero-order chi connectivity index (χ0) is 32.8. The van der Waals surface area contributed by atoms with Gasteiger partial charge in [-0.25, -0.2) is 4.39 Å². The largest absolute Gasteiger partial charge is 0.493 e. The SMILES string of the molecule is CCC(C)CCOc1cc2nccc(Oc3ccc(C(NC(=O)C4(C(=O)Nc5ccc(F)cc5)CC4)C(C)C)cc3)c2cc1OC. The quantitative estimate of drug-likeness (QED) is 0.137. The number of pyridine rings is 1. The average molecular weight is 628 g/mol. The summed E-state index contributed by atoms with van der Waals surface area (Å²) in [5.41, 5.74) is 0.944. The van der Waals surface area contributed by atoms with Crippen LogP contribution in [0.2, 0.25) is 0 Å². The van der Waals surface area contributed by atoms with Crippen molar-refractivity contribution in [3.8, 4) is 23.0 Å². The van der Waals surface area contributed by atoms with Gasteiger partial charge < -0.3 is 24.8 Å². The Balaban J connectivity index is 1.28. The predicted molar refractivity (Wildman–Crippen MR) is 177 cm³/mol. The molecule has 2 amide bonds. The van der Waals surface area contributed by atoms with Gasteiger partial charge in [0, 0.05) is 23.3 Å².